The van der Waals surface area contributed by atoms with Crippen molar-refractivity contribution >= 4 is 0 Å². The normalized spacial score (nSPS) is 39.7. The fourth-order valence-electron chi connectivity index (χ4n) is 0.573. The molecule has 0 fully saturated rings. The first-order valence-corrected chi connectivity index (χ1v) is 2.20. The van der Waals surface area contributed by atoms with Crippen LogP contribution < -0.4 is 0 Å². The molecule has 0 aromatic rings. The third kappa shape index (κ3) is 0.991. The molecule has 40 valence electrons. The summed E-state index contributed by atoms with van der Waals surface area (Å²) in [5.41, 5.74) is 0. The number of hydroxylamine groups is 4. The van der Waals surface area contributed by atoms with Gasteiger partial charge < -0.3 is 5.21 Å². The fraction of sp³-hybridized carbons (Fsp3) is 0.500. The molecule has 1 aliphatic rings. The summed E-state index contributed by atoms with van der Waals surface area (Å²) in [5, 5.41) is 18.8. The Labute approximate surface area is 41.6 Å². The second kappa shape index (κ2) is 1.30. The monoisotopic (exact) mass is 101 g/mol. The van der Waals surface area contributed by atoms with Crippen molar-refractivity contribution in [2.45, 2.75) is 6.42 Å². The first-order valence-electron chi connectivity index (χ1n) is 2.20. The summed E-state index contributed by atoms with van der Waals surface area (Å²) in [5.74, 6) is 0. The van der Waals surface area contributed by atoms with Gasteiger partial charge in [0.05, 0.1) is 0 Å². The van der Waals surface area contributed by atoms with Gasteiger partial charge in [-0.25, -0.2) is 5.21 Å². The van der Waals surface area contributed by atoms with Crippen LogP contribution in [0.2, 0.25) is 0 Å². The highest BCUT2D eigenvalue weighted by Gasteiger charge is 2.12. The quantitative estimate of drug-likeness (QED) is 0.359. The number of hydrogen-bond donors (Lipinski definition) is 1. The zero-order chi connectivity index (χ0) is 5.33. The number of hydrogen-bond acceptors (Lipinski definition) is 2. The number of rotatable bonds is 0. The van der Waals surface area contributed by atoms with E-state index in [1.807, 2.05) is 0 Å². The molecule has 7 heavy (non-hydrogen) atoms. The molecule has 0 aliphatic carbocycles. The van der Waals surface area contributed by atoms with Crippen molar-refractivity contribution in [3.63, 3.8) is 0 Å². The van der Waals surface area contributed by atoms with E-state index in [1.165, 1.54) is 6.20 Å². The van der Waals surface area contributed by atoms with E-state index in [2.05, 4.69) is 0 Å². The molecular formula is C4H7NO2. The summed E-state index contributed by atoms with van der Waals surface area (Å²) in [7, 11) is 0. The van der Waals surface area contributed by atoms with Gasteiger partial charge in [0, 0.05) is 6.42 Å². The first kappa shape index (κ1) is 4.77. The number of quaternary nitrogens is 1. The average molecular weight is 101 g/mol. The minimum Gasteiger partial charge on any atom is -0.594 e. The molecule has 0 aromatic heterocycles. The van der Waals surface area contributed by atoms with Gasteiger partial charge in [-0.15, -0.1) is 0 Å². The van der Waals surface area contributed by atoms with E-state index in [1.54, 1.807) is 6.08 Å². The van der Waals surface area contributed by atoms with Gasteiger partial charge in [0.15, 0.2) is 0 Å². The fourth-order valence-corrected chi connectivity index (χ4v) is 0.573. The molecular weight excluding hydrogens is 94.0 g/mol. The molecule has 0 spiro atoms. The molecule has 1 atom stereocenters. The van der Waals surface area contributed by atoms with Crippen LogP contribution in [0.15, 0.2) is 12.3 Å². The van der Waals surface area contributed by atoms with E-state index >= 15 is 0 Å². The summed E-state index contributed by atoms with van der Waals surface area (Å²) >= 11 is 0. The molecule has 1 aliphatic heterocycles. The Morgan fingerprint density at radius 3 is 2.57 bits per heavy atom. The molecule has 0 bridgehead atoms. The van der Waals surface area contributed by atoms with Crippen molar-refractivity contribution in [3.8, 4) is 0 Å². The molecule has 1 N–H and O–H groups in total. The Bertz CT molecular complexity index is 97.9. The molecule has 0 saturated heterocycles. The van der Waals surface area contributed by atoms with E-state index in [0.717, 1.165) is 0 Å². The van der Waals surface area contributed by atoms with Gasteiger partial charge in [-0.05, 0) is 6.08 Å². The van der Waals surface area contributed by atoms with Crippen LogP contribution in [-0.4, -0.2) is 16.6 Å². The van der Waals surface area contributed by atoms with Crippen LogP contribution >= 0.6 is 0 Å². The summed E-state index contributed by atoms with van der Waals surface area (Å²) in [6, 6.07) is 0. The molecule has 0 aromatic carbocycles. The number of nitrogens with zero attached hydrogens (tertiary/aromatic N) is 1. The lowest BCUT2D eigenvalue weighted by Gasteiger charge is -2.24. The van der Waals surface area contributed by atoms with E-state index in [-0.39, 0.29) is 6.54 Å². The predicted molar refractivity (Wildman–Crippen MR) is 24.0 cm³/mol. The van der Waals surface area contributed by atoms with Crippen LogP contribution in [0.3, 0.4) is 0 Å². The van der Waals surface area contributed by atoms with Crippen LogP contribution in [0.4, 0.5) is 0 Å². The van der Waals surface area contributed by atoms with Crippen molar-refractivity contribution in [2.75, 3.05) is 6.54 Å². The molecule has 0 amide bonds. The summed E-state index contributed by atoms with van der Waals surface area (Å²) in [4.78, 5) is -1.18. The summed E-state index contributed by atoms with van der Waals surface area (Å²) < 4.78 is 0. The lowest BCUT2D eigenvalue weighted by atomic mass is 10.5. The van der Waals surface area contributed by atoms with E-state index in [0.29, 0.717) is 6.42 Å². The topological polar surface area (TPSA) is 43.3 Å². The highest BCUT2D eigenvalue weighted by Crippen LogP contribution is 2.09. The van der Waals surface area contributed by atoms with E-state index in [9.17, 15) is 5.21 Å². The lowest BCUT2D eigenvalue weighted by Crippen LogP contribution is -2.28. The van der Waals surface area contributed by atoms with Crippen LogP contribution in [0, 0.1) is 5.21 Å². The lowest BCUT2D eigenvalue weighted by molar-refractivity contribution is -1.02. The van der Waals surface area contributed by atoms with Crippen molar-refractivity contribution in [1.29, 1.82) is 0 Å². The van der Waals surface area contributed by atoms with Crippen molar-refractivity contribution in [2.24, 2.45) is 0 Å². The maximum absolute atomic E-state index is 10.3. The molecule has 1 rings (SSSR count). The molecule has 3 nitrogen and oxygen atoms in total. The highest BCUT2D eigenvalue weighted by molar-refractivity contribution is 4.79. The average Bonchev–Trinajstić information content (AvgIpc) is 1.84. The van der Waals surface area contributed by atoms with E-state index in [4.69, 9.17) is 5.21 Å². The van der Waals surface area contributed by atoms with Crippen LogP contribution in [0.5, 0.6) is 0 Å². The van der Waals surface area contributed by atoms with Crippen LogP contribution in [0.1, 0.15) is 6.42 Å². The second-order valence-electron chi connectivity index (χ2n) is 1.65. The SMILES string of the molecule is [O-][N+]1(O)C=CCC1. The van der Waals surface area contributed by atoms with Crippen molar-refractivity contribution < 1.29 is 10.0 Å². The molecule has 0 saturated carbocycles. The van der Waals surface area contributed by atoms with Crippen LogP contribution in [-0.2, 0) is 0 Å². The van der Waals surface area contributed by atoms with Gasteiger partial charge in [0.1, 0.15) is 12.7 Å². The second-order valence-corrected chi connectivity index (χ2v) is 1.65. The molecule has 1 heterocycles. The Morgan fingerprint density at radius 1 is 1.71 bits per heavy atom. The molecule has 3 heteroatoms. The maximum Gasteiger partial charge on any atom is 0.125 e. The van der Waals surface area contributed by atoms with Gasteiger partial charge >= 0.3 is 0 Å². The Morgan fingerprint density at radius 2 is 2.43 bits per heavy atom. The van der Waals surface area contributed by atoms with Crippen molar-refractivity contribution in [3.05, 3.63) is 17.5 Å². The zero-order valence-electron chi connectivity index (χ0n) is 3.87. The third-order valence-electron chi connectivity index (χ3n) is 0.954. The Balaban J connectivity index is 2.57. The molecule has 1 unspecified atom stereocenters. The van der Waals surface area contributed by atoms with E-state index < -0.39 is 4.81 Å². The Hall–Kier alpha value is -0.380. The predicted octanol–water partition coefficient (Wildman–Crippen LogP) is 0.608. The smallest absolute Gasteiger partial charge is 0.125 e. The maximum atomic E-state index is 10.3. The van der Waals surface area contributed by atoms with Crippen LogP contribution in [0.25, 0.3) is 0 Å². The minimum absolute atomic E-state index is 0.278. The van der Waals surface area contributed by atoms with Gasteiger partial charge in [-0.2, -0.15) is 4.81 Å². The third-order valence-corrected chi connectivity index (χ3v) is 0.954. The first-order chi connectivity index (χ1) is 3.21. The van der Waals surface area contributed by atoms with Gasteiger partial charge in [-0.1, -0.05) is 0 Å². The van der Waals surface area contributed by atoms with Gasteiger partial charge in [0.25, 0.3) is 0 Å². The van der Waals surface area contributed by atoms with Crippen molar-refractivity contribution in [1.82, 2.24) is 0 Å². The highest BCUT2D eigenvalue weighted by atomic mass is 16.8. The standard InChI is InChI=1S/C4H7NO2/c6-5(7)3-1-2-4-5/h1,3,6H,2,4H2. The summed E-state index contributed by atoms with van der Waals surface area (Å²) in [6.07, 6.45) is 3.60. The zero-order valence-corrected chi connectivity index (χ0v) is 3.87. The van der Waals surface area contributed by atoms with Gasteiger partial charge in [-0.3, -0.25) is 0 Å². The molecule has 0 radical (unpaired) electrons. The minimum atomic E-state index is -1.18. The van der Waals surface area contributed by atoms with Gasteiger partial charge in [0.2, 0.25) is 0 Å². The Kier molecular flexibility index (Phi) is 0.883. The largest absolute Gasteiger partial charge is 0.594 e. The summed E-state index contributed by atoms with van der Waals surface area (Å²) in [6.45, 7) is 0.278.